The highest BCUT2D eigenvalue weighted by Crippen LogP contribution is 2.27. The van der Waals surface area contributed by atoms with Gasteiger partial charge in [-0.3, -0.25) is 4.79 Å². The lowest BCUT2D eigenvalue weighted by Gasteiger charge is -2.12. The molecule has 3 rings (SSSR count). The first kappa shape index (κ1) is 23.8. The minimum Gasteiger partial charge on any atom is -0.369 e. The summed E-state index contributed by atoms with van der Waals surface area (Å²) in [7, 11) is 0. The second-order valence-electron chi connectivity index (χ2n) is 7.78. The molecule has 7 nitrogen and oxygen atoms in total. The van der Waals surface area contributed by atoms with Crippen molar-refractivity contribution in [3.63, 3.8) is 0 Å². The smallest absolute Gasteiger partial charge is 0.252 e. The van der Waals surface area contributed by atoms with E-state index in [4.69, 9.17) is 21.6 Å². The monoisotopic (exact) mass is 524 g/mol. The summed E-state index contributed by atoms with van der Waals surface area (Å²) in [5.74, 6) is 1.05. The molecule has 2 heterocycles. The van der Waals surface area contributed by atoms with Crippen LogP contribution in [0.4, 0.5) is 5.82 Å². The van der Waals surface area contributed by atoms with Crippen molar-refractivity contribution in [2.75, 3.05) is 18.4 Å². The van der Waals surface area contributed by atoms with Gasteiger partial charge in [0.15, 0.2) is 10.8 Å². The number of nitrogens with zero attached hydrogens (tertiary/aromatic N) is 4. The van der Waals surface area contributed by atoms with E-state index in [2.05, 4.69) is 59.4 Å². The number of hydrogen-bond acceptors (Lipinski definition) is 6. The average Bonchev–Trinajstić information content (AvgIpc) is 3.10. The van der Waals surface area contributed by atoms with Crippen molar-refractivity contribution >= 4 is 62.1 Å². The van der Waals surface area contributed by atoms with Gasteiger partial charge in [0.1, 0.15) is 5.82 Å². The van der Waals surface area contributed by atoms with Gasteiger partial charge in [0.2, 0.25) is 0 Å². The lowest BCUT2D eigenvalue weighted by Crippen LogP contribution is -2.27. The Morgan fingerprint density at radius 3 is 2.74 bits per heavy atom. The summed E-state index contributed by atoms with van der Waals surface area (Å²) in [6.07, 6.45) is 1.77. The van der Waals surface area contributed by atoms with Crippen molar-refractivity contribution < 1.29 is 4.79 Å². The van der Waals surface area contributed by atoms with Crippen LogP contribution in [0.2, 0.25) is 5.02 Å². The second-order valence-corrected chi connectivity index (χ2v) is 10.6. The maximum Gasteiger partial charge on any atom is 0.252 e. The van der Waals surface area contributed by atoms with Gasteiger partial charge in [-0.25, -0.2) is 14.6 Å². The van der Waals surface area contributed by atoms with Gasteiger partial charge in [0, 0.05) is 22.8 Å². The summed E-state index contributed by atoms with van der Waals surface area (Å²) in [4.78, 5) is 21.9. The van der Waals surface area contributed by atoms with E-state index in [1.165, 1.54) is 0 Å². The quantitative estimate of drug-likeness (QED) is 0.293. The molecule has 0 saturated heterocycles. The first-order chi connectivity index (χ1) is 14.7. The zero-order valence-electron chi connectivity index (χ0n) is 17.9. The predicted molar refractivity (Wildman–Crippen MR) is 131 cm³/mol. The number of nitrogens with one attached hydrogen (secondary N) is 2. The maximum absolute atomic E-state index is 12.5. The zero-order chi connectivity index (χ0) is 22.5. The van der Waals surface area contributed by atoms with E-state index in [0.29, 0.717) is 40.0 Å². The van der Waals surface area contributed by atoms with E-state index >= 15 is 0 Å². The molecule has 0 aliphatic rings. The van der Waals surface area contributed by atoms with E-state index in [1.54, 1.807) is 40.8 Å². The molecule has 0 radical (unpaired) electrons. The molecule has 0 atom stereocenters. The molecule has 1 aromatic carbocycles. The lowest BCUT2D eigenvalue weighted by atomic mass is 10.2. The summed E-state index contributed by atoms with van der Waals surface area (Å²) in [6, 6.07) is 5.20. The number of benzene rings is 1. The van der Waals surface area contributed by atoms with Gasteiger partial charge in [-0.1, -0.05) is 67.0 Å². The molecule has 0 aliphatic carbocycles. The summed E-state index contributed by atoms with van der Waals surface area (Å²) < 4.78 is 2.60. The molecule has 2 aromatic heterocycles. The Labute approximate surface area is 199 Å². The largest absolute Gasteiger partial charge is 0.369 e. The summed E-state index contributed by atoms with van der Waals surface area (Å²) in [5, 5.41) is 13.2. The van der Waals surface area contributed by atoms with Gasteiger partial charge in [-0.2, -0.15) is 5.10 Å². The van der Waals surface area contributed by atoms with Crippen molar-refractivity contribution in [1.82, 2.24) is 25.1 Å². The number of rotatable bonds is 9. The fourth-order valence-electron chi connectivity index (χ4n) is 2.84. The number of hydrogen-bond donors (Lipinski definition) is 2. The number of fused-ring (bicyclic) bond motifs is 1. The molecule has 1 amide bonds. The molecule has 0 saturated carbocycles. The Morgan fingerprint density at radius 2 is 2.03 bits per heavy atom. The van der Waals surface area contributed by atoms with Gasteiger partial charge in [0.05, 0.1) is 28.7 Å². The first-order valence-electron chi connectivity index (χ1n) is 10.1. The molecule has 0 aliphatic heterocycles. The molecular formula is C21H26BrClN6OS. The van der Waals surface area contributed by atoms with Gasteiger partial charge in [-0.05, 0) is 24.1 Å². The van der Waals surface area contributed by atoms with Crippen LogP contribution in [0.15, 0.2) is 34.0 Å². The average molecular weight is 526 g/mol. The minimum atomic E-state index is -0.229. The fraction of sp³-hybridized carbons (Fsp3) is 0.429. The standard InChI is InChI=1S/C21H26BrClN6OS/c1-12(2)10-25-18-16-11-26-29(19(16)28-21(27-18)31-13(3)4)8-7-24-20(30)15-9-14(22)5-6-17(15)23/h5-6,9,11-13H,7-8,10H2,1-4H3,(H,24,30)(H,25,27,28). The van der Waals surface area contributed by atoms with Crippen LogP contribution < -0.4 is 10.6 Å². The normalized spacial score (nSPS) is 11.5. The molecule has 31 heavy (non-hydrogen) atoms. The van der Waals surface area contributed by atoms with Gasteiger partial charge in [0.25, 0.3) is 5.91 Å². The number of aromatic nitrogens is 4. The summed E-state index contributed by atoms with van der Waals surface area (Å²) >= 11 is 11.1. The third kappa shape index (κ3) is 6.33. The third-order valence-corrected chi connectivity index (χ3v) is 5.96. The number of amides is 1. The van der Waals surface area contributed by atoms with Crippen LogP contribution in [0.25, 0.3) is 11.0 Å². The Bertz CT molecular complexity index is 1070. The molecule has 0 bridgehead atoms. The van der Waals surface area contributed by atoms with Gasteiger partial charge >= 0.3 is 0 Å². The van der Waals surface area contributed by atoms with Gasteiger partial charge < -0.3 is 10.6 Å². The van der Waals surface area contributed by atoms with E-state index in [-0.39, 0.29) is 5.91 Å². The second kappa shape index (κ2) is 10.7. The topological polar surface area (TPSA) is 84.7 Å². The summed E-state index contributed by atoms with van der Waals surface area (Å²) in [6.45, 7) is 10.2. The fourth-order valence-corrected chi connectivity index (χ4v) is 4.11. The number of anilines is 1. The molecule has 2 N–H and O–H groups in total. The van der Waals surface area contributed by atoms with Crippen LogP contribution in [-0.4, -0.2) is 44.0 Å². The van der Waals surface area contributed by atoms with Gasteiger partial charge in [-0.15, -0.1) is 0 Å². The Hall–Kier alpha value is -1.84. The Kier molecular flexibility index (Phi) is 8.18. The third-order valence-electron chi connectivity index (χ3n) is 4.28. The van der Waals surface area contributed by atoms with Crippen LogP contribution >= 0.6 is 39.3 Å². The van der Waals surface area contributed by atoms with Crippen LogP contribution in [0.5, 0.6) is 0 Å². The lowest BCUT2D eigenvalue weighted by molar-refractivity contribution is 0.0952. The molecule has 166 valence electrons. The van der Waals surface area contributed by atoms with E-state index in [1.807, 2.05) is 0 Å². The highest BCUT2D eigenvalue weighted by atomic mass is 79.9. The minimum absolute atomic E-state index is 0.229. The van der Waals surface area contributed by atoms with Crippen LogP contribution in [0.1, 0.15) is 38.1 Å². The molecular weight excluding hydrogens is 500 g/mol. The SMILES string of the molecule is CC(C)CNc1nc(SC(C)C)nc2c1cnn2CCNC(=O)c1cc(Br)ccc1Cl. The van der Waals surface area contributed by atoms with Crippen LogP contribution in [-0.2, 0) is 6.54 Å². The number of thioether (sulfide) groups is 1. The number of carbonyl (C=O) groups excluding carboxylic acids is 1. The van der Waals surface area contributed by atoms with E-state index in [9.17, 15) is 4.79 Å². The van der Waals surface area contributed by atoms with Crippen LogP contribution in [0.3, 0.4) is 0 Å². The highest BCUT2D eigenvalue weighted by Gasteiger charge is 2.15. The molecule has 3 aromatic rings. The van der Waals surface area contributed by atoms with Crippen molar-refractivity contribution in [1.29, 1.82) is 0 Å². The van der Waals surface area contributed by atoms with Crippen LogP contribution in [0, 0.1) is 5.92 Å². The first-order valence-corrected chi connectivity index (χ1v) is 12.2. The predicted octanol–water partition coefficient (Wildman–Crippen LogP) is 5.24. The Morgan fingerprint density at radius 1 is 1.26 bits per heavy atom. The van der Waals surface area contributed by atoms with E-state index < -0.39 is 0 Å². The maximum atomic E-state index is 12.5. The Balaban J connectivity index is 1.77. The zero-order valence-corrected chi connectivity index (χ0v) is 21.1. The molecule has 0 spiro atoms. The van der Waals surface area contributed by atoms with Crippen molar-refractivity contribution in [3.05, 3.63) is 39.5 Å². The number of carbonyl (C=O) groups is 1. The summed E-state index contributed by atoms with van der Waals surface area (Å²) in [5.41, 5.74) is 1.18. The molecule has 10 heteroatoms. The highest BCUT2D eigenvalue weighted by molar-refractivity contribution is 9.10. The van der Waals surface area contributed by atoms with Crippen molar-refractivity contribution in [3.8, 4) is 0 Å². The molecule has 0 unspecified atom stereocenters. The van der Waals surface area contributed by atoms with Crippen molar-refractivity contribution in [2.24, 2.45) is 5.92 Å². The van der Waals surface area contributed by atoms with Crippen molar-refractivity contribution in [2.45, 2.75) is 44.6 Å². The van der Waals surface area contributed by atoms with E-state index in [0.717, 1.165) is 27.9 Å². The number of halogens is 2. The molecule has 0 fully saturated rings.